The van der Waals surface area contributed by atoms with Gasteiger partial charge in [-0.05, 0) is 13.8 Å². The number of anilines is 1. The zero-order chi connectivity index (χ0) is 20.9. The summed E-state index contributed by atoms with van der Waals surface area (Å²) in [5, 5.41) is 9.49. The fraction of sp³-hybridized carbons (Fsp3) is 0.600. The first-order chi connectivity index (χ1) is 12.7. The number of hydrogen-bond acceptors (Lipinski definition) is 6. The van der Waals surface area contributed by atoms with E-state index in [9.17, 15) is 26.3 Å². The molecule has 3 rings (SSSR count). The Hall–Kier alpha value is -2.28. The molecule has 0 aliphatic carbocycles. The Morgan fingerprint density at radius 2 is 1.93 bits per heavy atom. The van der Waals surface area contributed by atoms with E-state index in [1.807, 2.05) is 0 Å². The number of aryl methyl sites for hydroxylation is 1. The lowest BCUT2D eigenvalue weighted by Gasteiger charge is -2.39. The van der Waals surface area contributed by atoms with E-state index in [0.29, 0.717) is 11.4 Å². The Balaban J connectivity index is 1.65. The molecule has 0 bridgehead atoms. The second kappa shape index (κ2) is 6.65. The van der Waals surface area contributed by atoms with Gasteiger partial charge < -0.3 is 16.4 Å². The molecule has 13 heteroatoms. The molecular formula is C15H19F6N7. The molecule has 4 N–H and O–H groups in total. The molecule has 0 saturated carbocycles. The van der Waals surface area contributed by atoms with Crippen molar-refractivity contribution in [1.82, 2.24) is 20.0 Å². The van der Waals surface area contributed by atoms with Gasteiger partial charge in [-0.25, -0.2) is 4.99 Å². The molecule has 28 heavy (non-hydrogen) atoms. The normalized spacial score (nSPS) is 24.3. The predicted octanol–water partition coefficient (Wildman–Crippen LogP) is 2.10. The van der Waals surface area contributed by atoms with Gasteiger partial charge in [-0.3, -0.25) is 9.58 Å². The molecule has 1 unspecified atom stereocenters. The van der Waals surface area contributed by atoms with Crippen LogP contribution in [0.3, 0.4) is 0 Å². The molecule has 2 aliphatic heterocycles. The third-order valence-corrected chi connectivity index (χ3v) is 4.43. The third kappa shape index (κ3) is 4.41. The molecule has 1 saturated heterocycles. The van der Waals surface area contributed by atoms with Crippen molar-refractivity contribution in [2.24, 2.45) is 10.7 Å². The van der Waals surface area contributed by atoms with Gasteiger partial charge in [0.25, 0.3) is 0 Å². The molecule has 3 heterocycles. The van der Waals surface area contributed by atoms with Crippen molar-refractivity contribution >= 4 is 11.6 Å². The maximum absolute atomic E-state index is 13.0. The zero-order valence-electron chi connectivity index (χ0n) is 15.0. The van der Waals surface area contributed by atoms with Crippen molar-refractivity contribution in [3.05, 3.63) is 23.7 Å². The first kappa shape index (κ1) is 20.5. The smallest absolute Gasteiger partial charge is 0.332 e. The maximum Gasteiger partial charge on any atom is 0.417 e. The van der Waals surface area contributed by atoms with Crippen LogP contribution in [-0.4, -0.2) is 58.3 Å². The average Bonchev–Trinajstić information content (AvgIpc) is 2.79. The van der Waals surface area contributed by atoms with Crippen LogP contribution < -0.4 is 16.4 Å². The quantitative estimate of drug-likeness (QED) is 0.664. The highest BCUT2D eigenvalue weighted by Crippen LogP contribution is 2.34. The fourth-order valence-electron chi connectivity index (χ4n) is 3.06. The van der Waals surface area contributed by atoms with E-state index in [1.165, 1.54) is 9.58 Å². The number of alkyl halides is 6. The van der Waals surface area contributed by atoms with Gasteiger partial charge in [-0.1, -0.05) is 0 Å². The van der Waals surface area contributed by atoms with E-state index in [-0.39, 0.29) is 25.1 Å². The zero-order valence-corrected chi connectivity index (χ0v) is 15.0. The standard InChI is InChI=1S/C15H19F6N7/c1-8-10(6-28(26-8)9-4-27(5-9)7-14(16,17)18)24-12-23-3-11(15(19,20)21)13(2,22)25-12/h3,6,9H,4-5,7,22H2,1-2H3,(H2,23,24,25). The highest BCUT2D eigenvalue weighted by Gasteiger charge is 2.45. The summed E-state index contributed by atoms with van der Waals surface area (Å²) in [5.74, 6) is 0.00737. The summed E-state index contributed by atoms with van der Waals surface area (Å²) in [6, 6.07) is -0.214. The lowest BCUT2D eigenvalue weighted by atomic mass is 10.0. The van der Waals surface area contributed by atoms with E-state index < -0.39 is 30.1 Å². The average molecular weight is 411 g/mol. The van der Waals surface area contributed by atoms with E-state index >= 15 is 0 Å². The SMILES string of the molecule is Cc1nn(C2CN(CC(F)(F)F)C2)cc1NC1=NC(C)(N)C(C(F)(F)F)=CN1. The number of likely N-dealkylation sites (tertiary alicyclic amines) is 1. The van der Waals surface area contributed by atoms with Crippen LogP contribution in [-0.2, 0) is 0 Å². The van der Waals surface area contributed by atoms with Crippen LogP contribution in [0.2, 0.25) is 0 Å². The van der Waals surface area contributed by atoms with Crippen molar-refractivity contribution in [2.75, 3.05) is 25.0 Å². The summed E-state index contributed by atoms with van der Waals surface area (Å²) < 4.78 is 77.5. The van der Waals surface area contributed by atoms with Crippen LogP contribution in [0, 0.1) is 6.92 Å². The molecule has 7 nitrogen and oxygen atoms in total. The van der Waals surface area contributed by atoms with E-state index in [4.69, 9.17) is 5.73 Å². The minimum Gasteiger partial charge on any atom is -0.332 e. The largest absolute Gasteiger partial charge is 0.417 e. The Morgan fingerprint density at radius 3 is 2.46 bits per heavy atom. The lowest BCUT2D eigenvalue weighted by molar-refractivity contribution is -0.157. The van der Waals surface area contributed by atoms with Crippen LogP contribution in [0.5, 0.6) is 0 Å². The van der Waals surface area contributed by atoms with E-state index in [0.717, 1.165) is 13.1 Å². The summed E-state index contributed by atoms with van der Waals surface area (Å²) in [5.41, 5.74) is 3.65. The van der Waals surface area contributed by atoms with Crippen LogP contribution in [0.15, 0.2) is 23.0 Å². The van der Waals surface area contributed by atoms with Gasteiger partial charge >= 0.3 is 12.4 Å². The number of aromatic nitrogens is 2. The second-order valence-corrected chi connectivity index (χ2v) is 7.00. The van der Waals surface area contributed by atoms with Crippen molar-refractivity contribution in [1.29, 1.82) is 0 Å². The minimum atomic E-state index is -4.63. The molecule has 0 spiro atoms. The Morgan fingerprint density at radius 1 is 1.29 bits per heavy atom. The molecule has 1 aromatic rings. The van der Waals surface area contributed by atoms with Crippen LogP contribution in [0.25, 0.3) is 0 Å². The van der Waals surface area contributed by atoms with Gasteiger partial charge in [-0.2, -0.15) is 31.4 Å². The molecule has 1 atom stereocenters. The van der Waals surface area contributed by atoms with Gasteiger partial charge in [0.2, 0.25) is 5.96 Å². The van der Waals surface area contributed by atoms with E-state index in [2.05, 4.69) is 20.7 Å². The molecule has 0 amide bonds. The van der Waals surface area contributed by atoms with Gasteiger partial charge in [0.05, 0.1) is 29.5 Å². The van der Waals surface area contributed by atoms with Crippen molar-refractivity contribution in [2.45, 2.75) is 37.9 Å². The summed E-state index contributed by atoms with van der Waals surface area (Å²) in [6.45, 7) is 2.23. The summed E-state index contributed by atoms with van der Waals surface area (Å²) >= 11 is 0. The number of hydrogen-bond donors (Lipinski definition) is 3. The third-order valence-electron chi connectivity index (χ3n) is 4.43. The first-order valence-electron chi connectivity index (χ1n) is 8.29. The number of nitrogens with two attached hydrogens (primary N) is 1. The van der Waals surface area contributed by atoms with Gasteiger partial charge in [0.15, 0.2) is 0 Å². The predicted molar refractivity (Wildman–Crippen MR) is 89.4 cm³/mol. The number of rotatable bonds is 3. The number of guanidine groups is 1. The monoisotopic (exact) mass is 411 g/mol. The number of nitrogens with one attached hydrogen (secondary N) is 2. The Kier molecular flexibility index (Phi) is 4.86. The number of halogens is 6. The summed E-state index contributed by atoms with van der Waals surface area (Å²) in [4.78, 5) is 5.11. The maximum atomic E-state index is 13.0. The van der Waals surface area contributed by atoms with Gasteiger partial charge in [0.1, 0.15) is 5.66 Å². The lowest BCUT2D eigenvalue weighted by Crippen LogP contribution is -2.51. The molecule has 156 valence electrons. The van der Waals surface area contributed by atoms with Gasteiger partial charge in [0, 0.05) is 25.5 Å². The summed E-state index contributed by atoms with van der Waals surface area (Å²) in [7, 11) is 0. The highest BCUT2D eigenvalue weighted by molar-refractivity contribution is 5.95. The van der Waals surface area contributed by atoms with Gasteiger partial charge in [-0.15, -0.1) is 0 Å². The molecule has 0 aromatic carbocycles. The summed E-state index contributed by atoms with van der Waals surface area (Å²) in [6.07, 6.45) is -6.55. The molecular weight excluding hydrogens is 392 g/mol. The van der Waals surface area contributed by atoms with Crippen LogP contribution in [0.4, 0.5) is 32.0 Å². The topological polar surface area (TPSA) is 83.5 Å². The first-order valence-corrected chi connectivity index (χ1v) is 8.29. The number of nitrogens with zero attached hydrogens (tertiary/aromatic N) is 4. The Bertz CT molecular complexity index is 799. The molecule has 0 radical (unpaired) electrons. The minimum absolute atomic E-state index is 0.00737. The van der Waals surface area contributed by atoms with Crippen molar-refractivity contribution in [3.63, 3.8) is 0 Å². The Labute approximate surface area is 156 Å². The molecule has 1 fully saturated rings. The van der Waals surface area contributed by atoms with Crippen molar-refractivity contribution in [3.8, 4) is 0 Å². The van der Waals surface area contributed by atoms with Crippen LogP contribution >= 0.6 is 0 Å². The molecule has 2 aliphatic rings. The van der Waals surface area contributed by atoms with Crippen LogP contribution in [0.1, 0.15) is 18.7 Å². The fourth-order valence-corrected chi connectivity index (χ4v) is 3.06. The van der Waals surface area contributed by atoms with E-state index in [1.54, 1.807) is 13.1 Å². The van der Waals surface area contributed by atoms with Crippen molar-refractivity contribution < 1.29 is 26.3 Å². The second-order valence-electron chi connectivity index (χ2n) is 7.00. The highest BCUT2D eigenvalue weighted by atomic mass is 19.4. The molecule has 1 aromatic heterocycles. The number of aliphatic imine (C=N–C) groups is 1.